The lowest BCUT2D eigenvalue weighted by Gasteiger charge is -2.28. The normalized spacial score (nSPS) is 24.9. The van der Waals surface area contributed by atoms with Crippen LogP contribution >= 0.6 is 0 Å². The summed E-state index contributed by atoms with van der Waals surface area (Å²) in [6.45, 7) is 4.34. The van der Waals surface area contributed by atoms with E-state index in [2.05, 4.69) is 4.90 Å². The molecular weight excluding hydrogens is 278 g/mol. The van der Waals surface area contributed by atoms with E-state index in [1.54, 1.807) is 7.11 Å². The number of hydrogen-bond acceptors (Lipinski definition) is 4. The first-order chi connectivity index (χ1) is 10.8. The fourth-order valence-corrected chi connectivity index (χ4v) is 3.16. The molecule has 4 nitrogen and oxygen atoms in total. The van der Waals surface area contributed by atoms with Gasteiger partial charge in [-0.25, -0.2) is 0 Å². The summed E-state index contributed by atoms with van der Waals surface area (Å²) in [6.07, 6.45) is 3.89. The molecule has 1 aromatic carbocycles. The highest BCUT2D eigenvalue weighted by atomic mass is 16.5. The average Bonchev–Trinajstić information content (AvgIpc) is 2.90. The van der Waals surface area contributed by atoms with E-state index >= 15 is 0 Å². The number of benzene rings is 1. The SMILES string of the molecule is COc1ccc(/C=C2\CC[C@H](CN3CCOCC3)C2=O)cc1. The van der Waals surface area contributed by atoms with Crippen LogP contribution in [0.2, 0.25) is 0 Å². The molecule has 0 bridgehead atoms. The first-order valence-electron chi connectivity index (χ1n) is 7.95. The molecule has 0 aromatic heterocycles. The molecule has 1 saturated heterocycles. The number of carbonyl (C=O) groups is 1. The topological polar surface area (TPSA) is 38.8 Å². The van der Waals surface area contributed by atoms with Gasteiger partial charge in [-0.15, -0.1) is 0 Å². The number of Topliss-reactive ketones (excluding diaryl/α,β-unsaturated/α-hetero) is 1. The van der Waals surface area contributed by atoms with Gasteiger partial charge in [0, 0.05) is 25.6 Å². The Balaban J connectivity index is 1.63. The van der Waals surface area contributed by atoms with E-state index in [1.165, 1.54) is 0 Å². The van der Waals surface area contributed by atoms with Crippen molar-refractivity contribution in [3.8, 4) is 5.75 Å². The molecule has 0 radical (unpaired) electrons. The molecule has 22 heavy (non-hydrogen) atoms. The molecule has 2 fully saturated rings. The van der Waals surface area contributed by atoms with Gasteiger partial charge in [-0.05, 0) is 42.2 Å². The number of carbonyl (C=O) groups excluding carboxylic acids is 1. The Bertz CT molecular complexity index is 544. The van der Waals surface area contributed by atoms with Crippen LogP contribution < -0.4 is 4.74 Å². The lowest BCUT2D eigenvalue weighted by molar-refractivity contribution is -0.118. The Morgan fingerprint density at radius 3 is 2.68 bits per heavy atom. The van der Waals surface area contributed by atoms with E-state index in [0.717, 1.165) is 62.6 Å². The van der Waals surface area contributed by atoms with Crippen molar-refractivity contribution >= 4 is 11.9 Å². The van der Waals surface area contributed by atoms with Crippen molar-refractivity contribution in [3.63, 3.8) is 0 Å². The van der Waals surface area contributed by atoms with Crippen LogP contribution in [0.4, 0.5) is 0 Å². The van der Waals surface area contributed by atoms with Crippen molar-refractivity contribution < 1.29 is 14.3 Å². The first kappa shape index (κ1) is 15.3. The minimum Gasteiger partial charge on any atom is -0.497 e. The number of morpholine rings is 1. The summed E-state index contributed by atoms with van der Waals surface area (Å²) in [5, 5.41) is 0. The van der Waals surface area contributed by atoms with Gasteiger partial charge >= 0.3 is 0 Å². The van der Waals surface area contributed by atoms with E-state index < -0.39 is 0 Å². The molecule has 1 saturated carbocycles. The fourth-order valence-electron chi connectivity index (χ4n) is 3.16. The standard InChI is InChI=1S/C18H23NO3/c1-21-17-6-2-14(3-7-17)12-15-4-5-16(18(15)20)13-19-8-10-22-11-9-19/h2-3,6-7,12,16H,4-5,8-11,13H2,1H3/b15-12+/t16-/m1/s1. The highest BCUT2D eigenvalue weighted by Crippen LogP contribution is 2.29. The van der Waals surface area contributed by atoms with Crippen molar-refractivity contribution in [1.29, 1.82) is 0 Å². The van der Waals surface area contributed by atoms with Crippen LogP contribution in [0.5, 0.6) is 5.75 Å². The maximum atomic E-state index is 12.6. The minimum absolute atomic E-state index is 0.155. The monoisotopic (exact) mass is 301 g/mol. The molecule has 4 heteroatoms. The van der Waals surface area contributed by atoms with Crippen LogP contribution in [-0.4, -0.2) is 50.6 Å². The van der Waals surface area contributed by atoms with Crippen LogP contribution in [-0.2, 0) is 9.53 Å². The molecule has 1 atom stereocenters. The Labute approximate surface area is 131 Å². The molecule has 1 heterocycles. The zero-order valence-electron chi connectivity index (χ0n) is 13.1. The maximum absolute atomic E-state index is 12.6. The summed E-state index contributed by atoms with van der Waals surface area (Å²) in [5.74, 6) is 1.31. The van der Waals surface area contributed by atoms with E-state index in [-0.39, 0.29) is 5.92 Å². The minimum atomic E-state index is 0.155. The zero-order valence-corrected chi connectivity index (χ0v) is 13.1. The highest BCUT2D eigenvalue weighted by molar-refractivity contribution is 6.03. The zero-order chi connectivity index (χ0) is 15.4. The van der Waals surface area contributed by atoms with E-state index in [4.69, 9.17) is 9.47 Å². The van der Waals surface area contributed by atoms with Crippen molar-refractivity contribution in [2.45, 2.75) is 12.8 Å². The van der Waals surface area contributed by atoms with Gasteiger partial charge in [0.15, 0.2) is 5.78 Å². The second-order valence-corrected chi connectivity index (χ2v) is 5.96. The number of methoxy groups -OCH3 is 1. The maximum Gasteiger partial charge on any atom is 0.163 e. The molecular formula is C18H23NO3. The summed E-state index contributed by atoms with van der Waals surface area (Å²) >= 11 is 0. The van der Waals surface area contributed by atoms with Crippen LogP contribution in [0.15, 0.2) is 29.8 Å². The third kappa shape index (κ3) is 3.57. The van der Waals surface area contributed by atoms with Gasteiger partial charge in [0.05, 0.1) is 20.3 Å². The quantitative estimate of drug-likeness (QED) is 0.801. The second-order valence-electron chi connectivity index (χ2n) is 5.96. The van der Waals surface area contributed by atoms with Gasteiger partial charge in [0.2, 0.25) is 0 Å². The lowest BCUT2D eigenvalue weighted by Crippen LogP contribution is -2.40. The van der Waals surface area contributed by atoms with Gasteiger partial charge in [0.1, 0.15) is 5.75 Å². The van der Waals surface area contributed by atoms with Crippen LogP contribution in [0.3, 0.4) is 0 Å². The van der Waals surface area contributed by atoms with Crippen molar-refractivity contribution in [1.82, 2.24) is 4.90 Å². The Morgan fingerprint density at radius 1 is 1.27 bits per heavy atom. The molecule has 3 rings (SSSR count). The summed E-state index contributed by atoms with van der Waals surface area (Å²) in [5.41, 5.74) is 2.03. The van der Waals surface area contributed by atoms with Gasteiger partial charge in [-0.2, -0.15) is 0 Å². The van der Waals surface area contributed by atoms with E-state index in [1.807, 2.05) is 30.3 Å². The third-order valence-electron chi connectivity index (χ3n) is 4.49. The molecule has 0 amide bonds. The van der Waals surface area contributed by atoms with Crippen molar-refractivity contribution in [2.24, 2.45) is 5.92 Å². The molecule has 2 aliphatic rings. The Hall–Kier alpha value is -1.65. The molecule has 0 spiro atoms. The predicted molar refractivity (Wildman–Crippen MR) is 86.0 cm³/mol. The Kier molecular flexibility index (Phi) is 4.90. The number of ketones is 1. The van der Waals surface area contributed by atoms with Gasteiger partial charge in [0.25, 0.3) is 0 Å². The number of hydrogen-bond donors (Lipinski definition) is 0. The number of rotatable bonds is 4. The highest BCUT2D eigenvalue weighted by Gasteiger charge is 2.30. The van der Waals surface area contributed by atoms with Gasteiger partial charge in [-0.1, -0.05) is 12.1 Å². The molecule has 0 unspecified atom stereocenters. The number of ether oxygens (including phenoxy) is 2. The van der Waals surface area contributed by atoms with E-state index in [0.29, 0.717) is 5.78 Å². The van der Waals surface area contributed by atoms with Crippen LogP contribution in [0.1, 0.15) is 18.4 Å². The van der Waals surface area contributed by atoms with Crippen molar-refractivity contribution in [3.05, 3.63) is 35.4 Å². The smallest absolute Gasteiger partial charge is 0.163 e. The van der Waals surface area contributed by atoms with Gasteiger partial charge < -0.3 is 9.47 Å². The number of allylic oxidation sites excluding steroid dienone is 1. The predicted octanol–water partition coefficient (Wildman–Crippen LogP) is 2.39. The average molecular weight is 301 g/mol. The molecule has 1 aliphatic heterocycles. The molecule has 1 aliphatic carbocycles. The summed E-state index contributed by atoms with van der Waals surface area (Å²) < 4.78 is 10.5. The molecule has 118 valence electrons. The largest absolute Gasteiger partial charge is 0.497 e. The van der Waals surface area contributed by atoms with Crippen LogP contribution in [0.25, 0.3) is 6.08 Å². The molecule has 0 N–H and O–H groups in total. The van der Waals surface area contributed by atoms with E-state index in [9.17, 15) is 4.79 Å². The van der Waals surface area contributed by atoms with Crippen LogP contribution in [0, 0.1) is 5.92 Å². The second kappa shape index (κ2) is 7.07. The summed E-state index contributed by atoms with van der Waals surface area (Å²) in [4.78, 5) is 14.9. The lowest BCUT2D eigenvalue weighted by atomic mass is 10.0. The third-order valence-corrected chi connectivity index (χ3v) is 4.49. The fraction of sp³-hybridized carbons (Fsp3) is 0.500. The summed E-state index contributed by atoms with van der Waals surface area (Å²) in [6, 6.07) is 7.84. The van der Waals surface area contributed by atoms with Crippen molar-refractivity contribution in [2.75, 3.05) is 40.0 Å². The summed E-state index contributed by atoms with van der Waals surface area (Å²) in [7, 11) is 1.66. The first-order valence-corrected chi connectivity index (χ1v) is 7.95. The van der Waals surface area contributed by atoms with Gasteiger partial charge in [-0.3, -0.25) is 9.69 Å². The Morgan fingerprint density at radius 2 is 2.00 bits per heavy atom. The number of nitrogens with zero attached hydrogens (tertiary/aromatic N) is 1. The molecule has 1 aromatic rings.